The third-order valence-electron chi connectivity index (χ3n) is 12.2. The number of allylic oxidation sites excluding steroid dienone is 4. The molecule has 0 saturated carbocycles. The zero-order valence-corrected chi connectivity index (χ0v) is 38.8. The number of rotatable bonds is 34. The van der Waals surface area contributed by atoms with Crippen molar-refractivity contribution in [1.82, 2.24) is 0 Å². The van der Waals surface area contributed by atoms with E-state index in [1.165, 1.54) is 116 Å². The first-order valence-electron chi connectivity index (χ1n) is 24.9. The third-order valence-corrected chi connectivity index (χ3v) is 12.2. The molecule has 4 rings (SSSR count). The number of ether oxygens (including phenoxy) is 3. The normalized spacial score (nSPS) is 13.2. The standard InChI is InChI=1S/C57H80O5/c1-4-6-8-10-12-14-16-18-20-22-24-26-28-30-32-38-55(58)60-51-44-40-49(41-45-51)57(54-37-35-34-36-53(54)48(3)62-57)50-42-46-52(47-43-50)61-56(59)39-33-31-29-27-25-23-21-19-17-15-13-11-9-7-5-2/h18-21,34-37,40-47H,3-17,22-33,38-39H2,1-2H3/b20-18+,21-19+. The van der Waals surface area contributed by atoms with Crippen LogP contribution in [0.15, 0.2) is 104 Å². The Bertz CT molecular complexity index is 1650. The molecule has 0 N–H and O–H groups in total. The Labute approximate surface area is 376 Å². The summed E-state index contributed by atoms with van der Waals surface area (Å²) in [6, 6.07) is 23.3. The number of hydrogen-bond donors (Lipinski definition) is 0. The molecule has 0 fully saturated rings. The van der Waals surface area contributed by atoms with E-state index in [1.54, 1.807) is 0 Å². The molecule has 3 aromatic rings. The fourth-order valence-corrected chi connectivity index (χ4v) is 8.48. The summed E-state index contributed by atoms with van der Waals surface area (Å²) in [7, 11) is 0. The molecular weight excluding hydrogens is 765 g/mol. The van der Waals surface area contributed by atoms with Crippen LogP contribution in [0.2, 0.25) is 0 Å². The van der Waals surface area contributed by atoms with E-state index in [1.807, 2.05) is 66.7 Å². The molecule has 0 amide bonds. The summed E-state index contributed by atoms with van der Waals surface area (Å²) >= 11 is 0. The minimum atomic E-state index is -0.966. The molecule has 0 aromatic heterocycles. The van der Waals surface area contributed by atoms with Crippen molar-refractivity contribution in [3.05, 3.63) is 126 Å². The predicted molar refractivity (Wildman–Crippen MR) is 260 cm³/mol. The molecule has 0 atom stereocenters. The molecule has 1 aliphatic rings. The van der Waals surface area contributed by atoms with Gasteiger partial charge in [0.2, 0.25) is 0 Å². The van der Waals surface area contributed by atoms with Crippen LogP contribution in [0.3, 0.4) is 0 Å². The van der Waals surface area contributed by atoms with Crippen LogP contribution in [0.4, 0.5) is 0 Å². The lowest BCUT2D eigenvalue weighted by Gasteiger charge is -2.31. The Morgan fingerprint density at radius 1 is 0.484 bits per heavy atom. The third kappa shape index (κ3) is 18.1. The lowest BCUT2D eigenvalue weighted by Crippen LogP contribution is -2.28. The Morgan fingerprint density at radius 2 is 0.839 bits per heavy atom. The number of unbranched alkanes of at least 4 members (excludes halogenated alkanes) is 22. The second-order valence-electron chi connectivity index (χ2n) is 17.4. The van der Waals surface area contributed by atoms with Gasteiger partial charge in [0.1, 0.15) is 17.3 Å². The van der Waals surface area contributed by atoms with E-state index in [0.717, 1.165) is 73.6 Å². The van der Waals surface area contributed by atoms with E-state index in [-0.39, 0.29) is 11.9 Å². The second-order valence-corrected chi connectivity index (χ2v) is 17.4. The summed E-state index contributed by atoms with van der Waals surface area (Å²) in [4.78, 5) is 25.5. The highest BCUT2D eigenvalue weighted by atomic mass is 16.5. The van der Waals surface area contributed by atoms with Crippen molar-refractivity contribution < 1.29 is 23.8 Å². The second kappa shape index (κ2) is 30.6. The molecule has 0 unspecified atom stereocenters. The van der Waals surface area contributed by atoms with Crippen molar-refractivity contribution in [3.8, 4) is 11.5 Å². The number of hydrogen-bond acceptors (Lipinski definition) is 5. The summed E-state index contributed by atoms with van der Waals surface area (Å²) in [5, 5.41) is 0. The van der Waals surface area contributed by atoms with Gasteiger partial charge in [0.05, 0.1) is 0 Å². The highest BCUT2D eigenvalue weighted by Gasteiger charge is 2.46. The first-order chi connectivity index (χ1) is 30.5. The van der Waals surface area contributed by atoms with Crippen LogP contribution in [-0.2, 0) is 19.9 Å². The predicted octanol–water partition coefficient (Wildman–Crippen LogP) is 16.9. The molecular formula is C57H80O5. The van der Waals surface area contributed by atoms with Gasteiger partial charge in [0.15, 0.2) is 5.60 Å². The number of fused-ring (bicyclic) bond motifs is 1. The van der Waals surface area contributed by atoms with Crippen LogP contribution < -0.4 is 9.47 Å². The monoisotopic (exact) mass is 845 g/mol. The first kappa shape index (κ1) is 50.3. The lowest BCUT2D eigenvalue weighted by molar-refractivity contribution is -0.135. The average molecular weight is 845 g/mol. The zero-order chi connectivity index (χ0) is 43.9. The summed E-state index contributed by atoms with van der Waals surface area (Å²) in [6.07, 6.45) is 42.0. The van der Waals surface area contributed by atoms with Gasteiger partial charge in [-0.05, 0) is 88.5 Å². The van der Waals surface area contributed by atoms with Gasteiger partial charge in [-0.25, -0.2) is 0 Å². The summed E-state index contributed by atoms with van der Waals surface area (Å²) in [5.74, 6) is 1.21. The molecule has 5 nitrogen and oxygen atoms in total. The minimum Gasteiger partial charge on any atom is -0.473 e. The largest absolute Gasteiger partial charge is 0.473 e. The van der Waals surface area contributed by atoms with E-state index in [9.17, 15) is 9.59 Å². The van der Waals surface area contributed by atoms with Crippen molar-refractivity contribution in [1.29, 1.82) is 0 Å². The van der Waals surface area contributed by atoms with Crippen molar-refractivity contribution >= 4 is 17.7 Å². The molecule has 1 heterocycles. The molecule has 0 bridgehead atoms. The summed E-state index contributed by atoms with van der Waals surface area (Å²) in [5.41, 5.74) is 2.72. The van der Waals surface area contributed by atoms with E-state index < -0.39 is 5.60 Å². The van der Waals surface area contributed by atoms with Crippen molar-refractivity contribution in [2.24, 2.45) is 0 Å². The van der Waals surface area contributed by atoms with Crippen LogP contribution >= 0.6 is 0 Å². The van der Waals surface area contributed by atoms with E-state index >= 15 is 0 Å². The van der Waals surface area contributed by atoms with Crippen LogP contribution in [0.1, 0.15) is 216 Å². The van der Waals surface area contributed by atoms with E-state index in [4.69, 9.17) is 14.2 Å². The molecule has 5 heteroatoms. The highest BCUT2D eigenvalue weighted by molar-refractivity contribution is 5.74. The summed E-state index contributed by atoms with van der Waals surface area (Å²) in [6.45, 7) is 8.78. The number of esters is 2. The van der Waals surface area contributed by atoms with Crippen LogP contribution in [0.5, 0.6) is 11.5 Å². The maximum atomic E-state index is 12.8. The van der Waals surface area contributed by atoms with Gasteiger partial charge in [0.25, 0.3) is 0 Å². The van der Waals surface area contributed by atoms with Gasteiger partial charge in [-0.1, -0.05) is 196 Å². The van der Waals surface area contributed by atoms with Crippen molar-refractivity contribution in [3.63, 3.8) is 0 Å². The SMILES string of the molecule is C=C1OC(c2ccc(OC(=O)CCCCCCC/C=C/CCCCCCCC)cc2)(c2ccc(OC(=O)CCCCCCC/C=C/CCCCCCCC)cc2)c2ccccc21. The molecule has 0 radical (unpaired) electrons. The van der Waals surface area contributed by atoms with Crippen molar-refractivity contribution in [2.75, 3.05) is 0 Å². The number of benzene rings is 3. The Kier molecular flexibility index (Phi) is 24.8. The van der Waals surface area contributed by atoms with Crippen LogP contribution in [0.25, 0.3) is 5.76 Å². The van der Waals surface area contributed by atoms with Crippen LogP contribution in [0, 0.1) is 0 Å². The van der Waals surface area contributed by atoms with Crippen LogP contribution in [-0.4, -0.2) is 11.9 Å². The number of carbonyl (C=O) groups excluding carboxylic acids is 2. The summed E-state index contributed by atoms with van der Waals surface area (Å²) < 4.78 is 18.2. The first-order valence-corrected chi connectivity index (χ1v) is 24.9. The highest BCUT2D eigenvalue weighted by Crippen LogP contribution is 2.51. The molecule has 1 aliphatic heterocycles. The van der Waals surface area contributed by atoms with Gasteiger partial charge < -0.3 is 14.2 Å². The molecule has 338 valence electrons. The molecule has 3 aromatic carbocycles. The fourth-order valence-electron chi connectivity index (χ4n) is 8.48. The van der Waals surface area contributed by atoms with E-state index in [2.05, 4.69) is 50.8 Å². The molecule has 0 spiro atoms. The van der Waals surface area contributed by atoms with Gasteiger partial charge in [0, 0.05) is 35.1 Å². The van der Waals surface area contributed by atoms with Gasteiger partial charge in [-0.3, -0.25) is 9.59 Å². The molecule has 62 heavy (non-hydrogen) atoms. The molecule has 0 aliphatic carbocycles. The maximum Gasteiger partial charge on any atom is 0.311 e. The van der Waals surface area contributed by atoms with E-state index in [0.29, 0.717) is 30.1 Å². The molecule has 0 saturated heterocycles. The van der Waals surface area contributed by atoms with Gasteiger partial charge in [-0.15, -0.1) is 0 Å². The zero-order valence-electron chi connectivity index (χ0n) is 38.8. The average Bonchev–Trinajstić information content (AvgIpc) is 3.59. The van der Waals surface area contributed by atoms with Gasteiger partial charge in [-0.2, -0.15) is 0 Å². The van der Waals surface area contributed by atoms with Gasteiger partial charge >= 0.3 is 11.9 Å². The Morgan fingerprint density at radius 3 is 1.24 bits per heavy atom. The number of carbonyl (C=O) groups is 2. The maximum absolute atomic E-state index is 12.8. The minimum absolute atomic E-state index is 0.205. The smallest absolute Gasteiger partial charge is 0.311 e. The Hall–Kier alpha value is -4.38. The quantitative estimate of drug-likeness (QED) is 0.0259. The Balaban J connectivity index is 1.18. The lowest BCUT2D eigenvalue weighted by atomic mass is 9.80. The van der Waals surface area contributed by atoms with Crippen molar-refractivity contribution in [2.45, 2.75) is 199 Å². The topological polar surface area (TPSA) is 61.8 Å². The fraction of sp³-hybridized carbons (Fsp3) is 0.544.